The first-order valence-corrected chi connectivity index (χ1v) is 8.48. The van der Waals surface area contributed by atoms with Gasteiger partial charge in [0.1, 0.15) is 0 Å². The molecule has 4 rings (SSSR count). The van der Waals surface area contributed by atoms with Gasteiger partial charge in [-0.2, -0.15) is 0 Å². The number of rotatable bonds is 1. The lowest BCUT2D eigenvalue weighted by atomic mass is 10.0. The maximum absolute atomic E-state index is 12.8. The molecule has 5 heteroatoms. The number of carbonyl (C=O) groups is 2. The van der Waals surface area contributed by atoms with Gasteiger partial charge in [-0.05, 0) is 31.5 Å². The predicted molar refractivity (Wildman–Crippen MR) is 92.6 cm³/mol. The molecule has 1 atom stereocenters. The van der Waals surface area contributed by atoms with Crippen molar-refractivity contribution in [3.05, 3.63) is 59.2 Å². The van der Waals surface area contributed by atoms with E-state index in [1.165, 1.54) is 11.8 Å². The van der Waals surface area contributed by atoms with Crippen LogP contribution in [0.15, 0.2) is 42.5 Å². The number of benzene rings is 2. The summed E-state index contributed by atoms with van der Waals surface area (Å²) in [4.78, 5) is 26.2. The third-order valence-corrected chi connectivity index (χ3v) is 5.81. The summed E-state index contributed by atoms with van der Waals surface area (Å²) in [6.45, 7) is 4.00. The van der Waals surface area contributed by atoms with Gasteiger partial charge in [0.25, 0.3) is 5.91 Å². The Balaban J connectivity index is 1.95. The monoisotopic (exact) mass is 324 g/mol. The molecule has 0 unspecified atom stereocenters. The van der Waals surface area contributed by atoms with E-state index in [4.69, 9.17) is 0 Å². The van der Waals surface area contributed by atoms with Crippen molar-refractivity contribution < 1.29 is 9.59 Å². The first-order valence-electron chi connectivity index (χ1n) is 7.49. The summed E-state index contributed by atoms with van der Waals surface area (Å²) in [5, 5.41) is 2.93. The second-order valence-corrected chi connectivity index (χ2v) is 7.12. The quantitative estimate of drug-likeness (QED) is 0.876. The maximum Gasteiger partial charge on any atom is 0.266 e. The van der Waals surface area contributed by atoms with Gasteiger partial charge in [-0.25, -0.2) is 0 Å². The smallest absolute Gasteiger partial charge is 0.266 e. The Kier molecular flexibility index (Phi) is 3.03. The molecular formula is C18H16N2O2S. The van der Waals surface area contributed by atoms with Gasteiger partial charge < -0.3 is 5.32 Å². The second-order valence-electron chi connectivity index (χ2n) is 5.95. The van der Waals surface area contributed by atoms with Crippen LogP contribution < -0.4 is 10.2 Å². The molecule has 0 radical (unpaired) electrons. The van der Waals surface area contributed by atoms with Crippen LogP contribution in [0.25, 0.3) is 0 Å². The normalized spacial score (nSPS) is 22.6. The number of anilines is 2. The second kappa shape index (κ2) is 4.86. The average molecular weight is 324 g/mol. The van der Waals surface area contributed by atoms with E-state index >= 15 is 0 Å². The topological polar surface area (TPSA) is 49.4 Å². The Bertz CT molecular complexity index is 849. The Hall–Kier alpha value is -2.27. The van der Waals surface area contributed by atoms with E-state index in [0.29, 0.717) is 5.75 Å². The van der Waals surface area contributed by atoms with Gasteiger partial charge in [0.15, 0.2) is 0 Å². The SMILES string of the molecule is Cc1ccc(N2C(=O)CS[C@]23C(=O)Nc2ccccc23)c(C)c1. The highest BCUT2D eigenvalue weighted by molar-refractivity contribution is 8.02. The van der Waals surface area contributed by atoms with Crippen LogP contribution in [0, 0.1) is 13.8 Å². The molecule has 0 aliphatic carbocycles. The fourth-order valence-electron chi connectivity index (χ4n) is 3.41. The van der Waals surface area contributed by atoms with Crippen molar-refractivity contribution in [3.63, 3.8) is 0 Å². The standard InChI is InChI=1S/C18H16N2O2S/c1-11-7-8-15(12(2)9-11)20-16(21)10-23-18(20)13-5-3-4-6-14(13)19-17(18)22/h3-9H,10H2,1-2H3,(H,19,22)/t18-/m1/s1. The summed E-state index contributed by atoms with van der Waals surface area (Å²) in [6, 6.07) is 13.6. The van der Waals surface area contributed by atoms with Crippen LogP contribution in [0.2, 0.25) is 0 Å². The van der Waals surface area contributed by atoms with Crippen LogP contribution in [0.1, 0.15) is 16.7 Å². The Morgan fingerprint density at radius 1 is 1.13 bits per heavy atom. The third-order valence-electron chi connectivity index (χ3n) is 4.41. The first-order chi connectivity index (χ1) is 11.0. The van der Waals surface area contributed by atoms with E-state index in [9.17, 15) is 9.59 Å². The lowest BCUT2D eigenvalue weighted by molar-refractivity contribution is -0.122. The van der Waals surface area contributed by atoms with Crippen molar-refractivity contribution in [2.75, 3.05) is 16.0 Å². The molecule has 4 nitrogen and oxygen atoms in total. The molecule has 2 aliphatic heterocycles. The van der Waals surface area contributed by atoms with Gasteiger partial charge >= 0.3 is 0 Å². The number of hydrogen-bond donors (Lipinski definition) is 1. The molecule has 1 N–H and O–H groups in total. The van der Waals surface area contributed by atoms with Crippen molar-refractivity contribution in [1.82, 2.24) is 0 Å². The zero-order valence-corrected chi connectivity index (χ0v) is 13.7. The number of aryl methyl sites for hydroxylation is 2. The number of nitrogens with zero attached hydrogens (tertiary/aromatic N) is 1. The first kappa shape index (κ1) is 14.3. The van der Waals surface area contributed by atoms with Gasteiger partial charge in [-0.1, -0.05) is 35.9 Å². The molecule has 1 spiro atoms. The van der Waals surface area contributed by atoms with Crippen molar-refractivity contribution in [2.45, 2.75) is 18.7 Å². The molecule has 0 bridgehead atoms. The molecule has 116 valence electrons. The molecule has 2 aromatic rings. The van der Waals surface area contributed by atoms with Crippen LogP contribution in [-0.4, -0.2) is 17.6 Å². The summed E-state index contributed by atoms with van der Waals surface area (Å²) >= 11 is 1.39. The molecule has 0 saturated carbocycles. The molecule has 0 aromatic heterocycles. The van der Waals surface area contributed by atoms with Crippen LogP contribution >= 0.6 is 11.8 Å². The molecule has 2 amide bonds. The number of para-hydroxylation sites is 1. The van der Waals surface area contributed by atoms with Crippen LogP contribution in [0.5, 0.6) is 0 Å². The Morgan fingerprint density at radius 2 is 1.91 bits per heavy atom. The Labute approximate surface area is 138 Å². The number of amides is 2. The molecule has 1 saturated heterocycles. The molecule has 23 heavy (non-hydrogen) atoms. The highest BCUT2D eigenvalue weighted by Gasteiger charge is 2.58. The minimum absolute atomic E-state index is 0.0335. The maximum atomic E-state index is 12.8. The lowest BCUT2D eigenvalue weighted by Crippen LogP contribution is -2.47. The minimum atomic E-state index is -0.992. The fourth-order valence-corrected chi connectivity index (χ4v) is 4.72. The number of hydrogen-bond acceptors (Lipinski definition) is 3. The largest absolute Gasteiger partial charge is 0.323 e. The van der Waals surface area contributed by atoms with E-state index in [1.807, 2.05) is 56.3 Å². The van der Waals surface area contributed by atoms with Gasteiger partial charge in [-0.15, -0.1) is 11.8 Å². The third kappa shape index (κ3) is 1.86. The van der Waals surface area contributed by atoms with Crippen LogP contribution in [0.4, 0.5) is 11.4 Å². The van der Waals surface area contributed by atoms with Crippen molar-refractivity contribution in [1.29, 1.82) is 0 Å². The highest BCUT2D eigenvalue weighted by Crippen LogP contribution is 2.53. The zero-order valence-electron chi connectivity index (χ0n) is 12.9. The lowest BCUT2D eigenvalue weighted by Gasteiger charge is -2.33. The van der Waals surface area contributed by atoms with Crippen molar-refractivity contribution >= 4 is 35.0 Å². The summed E-state index contributed by atoms with van der Waals surface area (Å²) < 4.78 is 0. The van der Waals surface area contributed by atoms with E-state index < -0.39 is 4.87 Å². The fraction of sp³-hybridized carbons (Fsp3) is 0.222. The van der Waals surface area contributed by atoms with Crippen molar-refractivity contribution in [2.24, 2.45) is 0 Å². The van der Waals surface area contributed by atoms with Gasteiger partial charge in [0.05, 0.1) is 5.75 Å². The van der Waals surface area contributed by atoms with Gasteiger partial charge in [0.2, 0.25) is 10.8 Å². The summed E-state index contributed by atoms with van der Waals surface area (Å²) in [5.41, 5.74) is 4.58. The van der Waals surface area contributed by atoms with E-state index in [1.54, 1.807) is 4.90 Å². The van der Waals surface area contributed by atoms with Crippen LogP contribution in [0.3, 0.4) is 0 Å². The molecule has 2 heterocycles. The van der Waals surface area contributed by atoms with Crippen molar-refractivity contribution in [3.8, 4) is 0 Å². The van der Waals surface area contributed by atoms with E-state index in [-0.39, 0.29) is 11.8 Å². The highest BCUT2D eigenvalue weighted by atomic mass is 32.2. The number of thioether (sulfide) groups is 1. The molecule has 2 aliphatic rings. The summed E-state index contributed by atoms with van der Waals surface area (Å²) in [6.07, 6.45) is 0. The summed E-state index contributed by atoms with van der Waals surface area (Å²) in [7, 11) is 0. The van der Waals surface area contributed by atoms with E-state index in [0.717, 1.165) is 28.1 Å². The number of carbonyl (C=O) groups excluding carboxylic acids is 2. The van der Waals surface area contributed by atoms with Gasteiger partial charge in [-0.3, -0.25) is 14.5 Å². The number of nitrogens with one attached hydrogen (secondary N) is 1. The summed E-state index contributed by atoms with van der Waals surface area (Å²) in [5.74, 6) is 0.123. The van der Waals surface area contributed by atoms with Gasteiger partial charge in [0, 0.05) is 16.9 Å². The van der Waals surface area contributed by atoms with E-state index in [2.05, 4.69) is 5.32 Å². The van der Waals surface area contributed by atoms with Crippen LogP contribution in [-0.2, 0) is 14.5 Å². The zero-order chi connectivity index (χ0) is 16.2. The molecule has 1 fully saturated rings. The minimum Gasteiger partial charge on any atom is -0.323 e. The predicted octanol–water partition coefficient (Wildman–Crippen LogP) is 3.19. The molecule has 2 aromatic carbocycles. The average Bonchev–Trinajstić information content (AvgIpc) is 3.00. The molecular weight excluding hydrogens is 308 g/mol. The number of fused-ring (bicyclic) bond motifs is 2. The Morgan fingerprint density at radius 3 is 2.70 bits per heavy atom.